The van der Waals surface area contributed by atoms with Crippen molar-refractivity contribution < 1.29 is 22.1 Å². The fourth-order valence-corrected chi connectivity index (χ4v) is 4.92. The monoisotopic (exact) mass is 395 g/mol. The molecule has 1 aromatic carbocycles. The number of benzene rings is 1. The molecule has 3 rings (SSSR count). The molecule has 0 unspecified atom stereocenters. The number of carbonyl (C=O) groups is 1. The van der Waals surface area contributed by atoms with Crippen LogP contribution in [-0.4, -0.2) is 54.9 Å². The third-order valence-electron chi connectivity index (χ3n) is 4.70. The molecule has 146 valence electrons. The van der Waals surface area contributed by atoms with Crippen molar-refractivity contribution in [2.75, 3.05) is 26.2 Å². The summed E-state index contributed by atoms with van der Waals surface area (Å²) in [5, 5.41) is 3.71. The minimum atomic E-state index is -3.68. The van der Waals surface area contributed by atoms with E-state index in [2.05, 4.69) is 5.16 Å². The first kappa shape index (κ1) is 19.5. The lowest BCUT2D eigenvalue weighted by Gasteiger charge is -2.34. The van der Waals surface area contributed by atoms with E-state index in [-0.39, 0.29) is 35.5 Å². The van der Waals surface area contributed by atoms with Gasteiger partial charge in [0.25, 0.3) is 0 Å². The number of aromatic nitrogens is 1. The Morgan fingerprint density at radius 2 is 1.78 bits per heavy atom. The second-order valence-corrected chi connectivity index (χ2v) is 8.44. The van der Waals surface area contributed by atoms with Gasteiger partial charge in [-0.15, -0.1) is 0 Å². The van der Waals surface area contributed by atoms with E-state index < -0.39 is 10.0 Å². The molecule has 1 saturated heterocycles. The van der Waals surface area contributed by atoms with Crippen molar-refractivity contribution in [1.82, 2.24) is 14.4 Å². The van der Waals surface area contributed by atoms with Crippen molar-refractivity contribution >= 4 is 15.9 Å². The fraction of sp³-hybridized carbons (Fsp3) is 0.444. The number of hydrogen-bond donors (Lipinski definition) is 0. The van der Waals surface area contributed by atoms with E-state index in [0.717, 1.165) is 5.56 Å². The molecule has 2 aromatic rings. The van der Waals surface area contributed by atoms with Crippen molar-refractivity contribution in [2.45, 2.75) is 31.6 Å². The number of nitrogens with zero attached hydrogens (tertiary/aromatic N) is 3. The standard InChI is InChI=1S/C18H22FN3O4S/c1-13-18(14(2)26-20-13)27(24,25)22-11-9-21(10-12-22)17(23)8-5-15-3-6-16(19)7-4-15/h3-4,6-7H,5,8-12H2,1-2H3. The summed E-state index contributed by atoms with van der Waals surface area (Å²) in [6.45, 7) is 4.31. The second-order valence-electron chi connectivity index (χ2n) is 6.56. The van der Waals surface area contributed by atoms with Crippen LogP contribution in [0.4, 0.5) is 4.39 Å². The highest BCUT2D eigenvalue weighted by atomic mass is 32.2. The van der Waals surface area contributed by atoms with Crippen molar-refractivity contribution in [3.05, 3.63) is 47.1 Å². The lowest BCUT2D eigenvalue weighted by atomic mass is 10.1. The molecule has 0 radical (unpaired) electrons. The number of sulfonamides is 1. The van der Waals surface area contributed by atoms with E-state index in [1.807, 2.05) is 0 Å². The molecule has 27 heavy (non-hydrogen) atoms. The maximum atomic E-state index is 12.9. The molecule has 2 heterocycles. The molecular weight excluding hydrogens is 373 g/mol. The molecule has 1 aromatic heterocycles. The zero-order chi connectivity index (χ0) is 19.6. The molecule has 0 spiro atoms. The number of halogens is 1. The molecule has 0 atom stereocenters. The van der Waals surface area contributed by atoms with Crippen LogP contribution < -0.4 is 0 Å². The zero-order valence-electron chi connectivity index (χ0n) is 15.3. The topological polar surface area (TPSA) is 83.7 Å². The van der Waals surface area contributed by atoms with Crippen LogP contribution in [0.15, 0.2) is 33.7 Å². The van der Waals surface area contributed by atoms with Crippen LogP contribution in [-0.2, 0) is 21.2 Å². The van der Waals surface area contributed by atoms with Gasteiger partial charge < -0.3 is 9.42 Å². The summed E-state index contributed by atoms with van der Waals surface area (Å²) < 4.78 is 44.8. The second kappa shape index (κ2) is 7.77. The average Bonchev–Trinajstić information content (AvgIpc) is 3.00. The van der Waals surface area contributed by atoms with Crippen LogP contribution in [0.2, 0.25) is 0 Å². The lowest BCUT2D eigenvalue weighted by molar-refractivity contribution is -0.132. The molecule has 1 amide bonds. The molecule has 0 bridgehead atoms. The summed E-state index contributed by atoms with van der Waals surface area (Å²) in [5.41, 5.74) is 1.23. The molecule has 1 aliphatic heterocycles. The van der Waals surface area contributed by atoms with E-state index in [4.69, 9.17) is 4.52 Å². The molecular formula is C18H22FN3O4S. The van der Waals surface area contributed by atoms with Gasteiger partial charge in [0, 0.05) is 32.6 Å². The smallest absolute Gasteiger partial charge is 0.248 e. The molecule has 7 nitrogen and oxygen atoms in total. The average molecular weight is 395 g/mol. The first-order valence-electron chi connectivity index (χ1n) is 8.74. The largest absolute Gasteiger partial charge is 0.360 e. The van der Waals surface area contributed by atoms with Gasteiger partial charge in [0.15, 0.2) is 5.76 Å². The van der Waals surface area contributed by atoms with Gasteiger partial charge in [-0.05, 0) is 38.0 Å². The first-order chi connectivity index (χ1) is 12.8. The molecule has 1 fully saturated rings. The van der Waals surface area contributed by atoms with Crippen molar-refractivity contribution in [2.24, 2.45) is 0 Å². The highest BCUT2D eigenvalue weighted by molar-refractivity contribution is 7.89. The van der Waals surface area contributed by atoms with E-state index in [9.17, 15) is 17.6 Å². The Kier molecular flexibility index (Phi) is 5.61. The third-order valence-corrected chi connectivity index (χ3v) is 6.84. The number of rotatable bonds is 5. The van der Waals surface area contributed by atoms with Gasteiger partial charge in [-0.2, -0.15) is 4.31 Å². The predicted molar refractivity (Wildman–Crippen MR) is 96.0 cm³/mol. The first-order valence-corrected chi connectivity index (χ1v) is 10.2. The van der Waals surface area contributed by atoms with Crippen molar-refractivity contribution in [3.8, 4) is 0 Å². The molecule has 0 N–H and O–H groups in total. The van der Waals surface area contributed by atoms with Gasteiger partial charge in [-0.1, -0.05) is 17.3 Å². The highest BCUT2D eigenvalue weighted by Crippen LogP contribution is 2.24. The summed E-state index contributed by atoms with van der Waals surface area (Å²) >= 11 is 0. The van der Waals surface area contributed by atoms with Crippen molar-refractivity contribution in [1.29, 1.82) is 0 Å². The lowest BCUT2D eigenvalue weighted by Crippen LogP contribution is -2.50. The van der Waals surface area contributed by atoms with Gasteiger partial charge in [-0.25, -0.2) is 12.8 Å². The zero-order valence-corrected chi connectivity index (χ0v) is 16.1. The maximum absolute atomic E-state index is 12.9. The molecule has 9 heteroatoms. The maximum Gasteiger partial charge on any atom is 0.248 e. The van der Waals surface area contributed by atoms with Crippen LogP contribution in [0.1, 0.15) is 23.4 Å². The van der Waals surface area contributed by atoms with E-state index in [0.29, 0.717) is 31.6 Å². The quantitative estimate of drug-likeness (QED) is 0.772. The summed E-state index contributed by atoms with van der Waals surface area (Å²) in [5.74, 6) is -0.0697. The molecule has 0 saturated carbocycles. The van der Waals surface area contributed by atoms with Crippen molar-refractivity contribution in [3.63, 3.8) is 0 Å². The minimum Gasteiger partial charge on any atom is -0.360 e. The van der Waals surface area contributed by atoms with Crippen LogP contribution in [0.25, 0.3) is 0 Å². The Morgan fingerprint density at radius 3 is 2.33 bits per heavy atom. The SMILES string of the molecule is Cc1noc(C)c1S(=O)(=O)N1CCN(C(=O)CCc2ccc(F)cc2)CC1. The number of piperazine rings is 1. The molecule has 1 aliphatic rings. The highest BCUT2D eigenvalue weighted by Gasteiger charge is 2.34. The Hall–Kier alpha value is -2.26. The number of hydrogen-bond acceptors (Lipinski definition) is 5. The van der Waals surface area contributed by atoms with Crippen LogP contribution in [0, 0.1) is 19.7 Å². The number of carbonyl (C=O) groups excluding carboxylic acids is 1. The Labute approximate surface area is 157 Å². The summed E-state index contributed by atoms with van der Waals surface area (Å²) in [7, 11) is -3.68. The Morgan fingerprint density at radius 1 is 1.15 bits per heavy atom. The third kappa shape index (κ3) is 4.19. The minimum absolute atomic E-state index is 0.0336. The van der Waals surface area contributed by atoms with Gasteiger partial charge in [0.05, 0.1) is 0 Å². The summed E-state index contributed by atoms with van der Waals surface area (Å²) in [6.07, 6.45) is 0.832. The normalized spacial score (nSPS) is 15.9. The van der Waals surface area contributed by atoms with Gasteiger partial charge >= 0.3 is 0 Å². The Balaban J connectivity index is 1.56. The van der Waals surface area contributed by atoms with E-state index in [1.54, 1.807) is 30.9 Å². The number of amides is 1. The van der Waals surface area contributed by atoms with Crippen LogP contribution in [0.5, 0.6) is 0 Å². The Bertz CT molecular complexity index is 897. The van der Waals surface area contributed by atoms with Gasteiger partial charge in [-0.3, -0.25) is 4.79 Å². The van der Waals surface area contributed by atoms with Gasteiger partial charge in [0.2, 0.25) is 15.9 Å². The fourth-order valence-electron chi connectivity index (χ4n) is 3.21. The summed E-state index contributed by atoms with van der Waals surface area (Å²) in [4.78, 5) is 14.2. The van der Waals surface area contributed by atoms with Crippen LogP contribution >= 0.6 is 0 Å². The van der Waals surface area contributed by atoms with E-state index >= 15 is 0 Å². The summed E-state index contributed by atoms with van der Waals surface area (Å²) in [6, 6.07) is 6.07. The number of aryl methyl sites for hydroxylation is 3. The van der Waals surface area contributed by atoms with Crippen LogP contribution in [0.3, 0.4) is 0 Å². The predicted octanol–water partition coefficient (Wildman–Crippen LogP) is 1.90. The molecule has 0 aliphatic carbocycles. The van der Waals surface area contributed by atoms with Gasteiger partial charge in [0.1, 0.15) is 16.4 Å². The van der Waals surface area contributed by atoms with E-state index in [1.165, 1.54) is 16.4 Å².